The molecule has 192 valence electrons. The highest BCUT2D eigenvalue weighted by Gasteiger charge is 2.15. The molecule has 1 unspecified atom stereocenters. The summed E-state index contributed by atoms with van der Waals surface area (Å²) in [6.07, 6.45) is 0.441. The minimum atomic E-state index is -0.337. The van der Waals surface area contributed by atoms with Crippen molar-refractivity contribution < 1.29 is 18.7 Å². The number of methoxy groups -OCH3 is 1. The van der Waals surface area contributed by atoms with Gasteiger partial charge in [0.05, 0.1) is 24.4 Å². The van der Waals surface area contributed by atoms with Crippen molar-refractivity contribution >= 4 is 16.9 Å². The number of hydrogen-bond donors (Lipinski definition) is 1. The summed E-state index contributed by atoms with van der Waals surface area (Å²) < 4.78 is 25.3. The summed E-state index contributed by atoms with van der Waals surface area (Å²) in [5, 5.41) is 4.48. The van der Waals surface area contributed by atoms with Crippen LogP contribution in [0.2, 0.25) is 0 Å². The van der Waals surface area contributed by atoms with E-state index in [1.165, 1.54) is 12.1 Å². The molecule has 1 atom stereocenters. The van der Waals surface area contributed by atoms with Gasteiger partial charge in [0.1, 0.15) is 11.6 Å². The van der Waals surface area contributed by atoms with Crippen LogP contribution in [0.1, 0.15) is 50.1 Å². The Morgan fingerprint density at radius 3 is 2.57 bits per heavy atom. The van der Waals surface area contributed by atoms with E-state index >= 15 is 0 Å². The predicted molar refractivity (Wildman–Crippen MR) is 145 cm³/mol. The zero-order valence-electron chi connectivity index (χ0n) is 21.8. The predicted octanol–water partition coefficient (Wildman–Crippen LogP) is 6.78. The van der Waals surface area contributed by atoms with Crippen LogP contribution < -0.4 is 10.1 Å². The summed E-state index contributed by atoms with van der Waals surface area (Å²) >= 11 is 0. The molecular weight excluding hydrogens is 467 g/mol. The molecule has 0 fully saturated rings. The van der Waals surface area contributed by atoms with E-state index in [-0.39, 0.29) is 30.4 Å². The fourth-order valence-electron chi connectivity index (χ4n) is 4.33. The number of aromatic nitrogens is 1. The highest BCUT2D eigenvalue weighted by molar-refractivity contribution is 5.94. The van der Waals surface area contributed by atoms with Crippen LogP contribution in [0.25, 0.3) is 22.0 Å². The van der Waals surface area contributed by atoms with E-state index in [1.54, 1.807) is 7.11 Å². The second-order valence-corrected chi connectivity index (χ2v) is 9.45. The smallest absolute Gasteiger partial charge is 0.306 e. The van der Waals surface area contributed by atoms with Crippen molar-refractivity contribution in [3.63, 3.8) is 0 Å². The second kappa shape index (κ2) is 12.0. The van der Waals surface area contributed by atoms with Crippen LogP contribution in [-0.4, -0.2) is 24.2 Å². The molecule has 0 spiro atoms. The second-order valence-electron chi connectivity index (χ2n) is 9.45. The summed E-state index contributed by atoms with van der Waals surface area (Å²) in [5.41, 5.74) is 5.23. The first kappa shape index (κ1) is 26.3. The van der Waals surface area contributed by atoms with Crippen LogP contribution in [-0.2, 0) is 22.5 Å². The van der Waals surface area contributed by atoms with E-state index in [2.05, 4.69) is 12.2 Å². The van der Waals surface area contributed by atoms with Crippen molar-refractivity contribution in [2.45, 2.75) is 52.3 Å². The lowest BCUT2D eigenvalue weighted by atomic mass is 9.96. The average Bonchev–Trinajstić information content (AvgIpc) is 2.89. The molecule has 0 aliphatic carbocycles. The number of ether oxygens (including phenoxy) is 2. The van der Waals surface area contributed by atoms with Gasteiger partial charge in [-0.3, -0.25) is 9.78 Å². The van der Waals surface area contributed by atoms with Crippen molar-refractivity contribution in [3.05, 3.63) is 95.4 Å². The molecule has 1 aromatic heterocycles. The number of hydrogen-bond acceptors (Lipinski definition) is 5. The zero-order valence-corrected chi connectivity index (χ0v) is 21.8. The van der Waals surface area contributed by atoms with Gasteiger partial charge in [-0.15, -0.1) is 0 Å². The SMILES string of the molecule is COc1cccc(CNC(C)c2cc(-c3cc(F)cc(CCC(=O)OC(C)C)c3)c3ccccc3n2)c1. The summed E-state index contributed by atoms with van der Waals surface area (Å²) in [5.74, 6) is 0.196. The first-order valence-electron chi connectivity index (χ1n) is 12.6. The third-order valence-electron chi connectivity index (χ3n) is 6.18. The third kappa shape index (κ3) is 6.92. The van der Waals surface area contributed by atoms with E-state index in [9.17, 15) is 9.18 Å². The fraction of sp³-hybridized carbons (Fsp3) is 0.290. The number of nitrogens with one attached hydrogen (secondary N) is 1. The first-order chi connectivity index (χ1) is 17.8. The van der Waals surface area contributed by atoms with Crippen molar-refractivity contribution in [1.82, 2.24) is 10.3 Å². The van der Waals surface area contributed by atoms with Gasteiger partial charge in [0.25, 0.3) is 0 Å². The molecule has 4 aromatic rings. The molecule has 0 bridgehead atoms. The number of carbonyl (C=O) groups excluding carboxylic acids is 1. The van der Waals surface area contributed by atoms with Crippen molar-refractivity contribution in [2.24, 2.45) is 0 Å². The number of para-hydroxylation sites is 1. The molecule has 4 rings (SSSR count). The summed E-state index contributed by atoms with van der Waals surface area (Å²) in [4.78, 5) is 16.9. The van der Waals surface area contributed by atoms with E-state index in [1.807, 2.05) is 74.5 Å². The van der Waals surface area contributed by atoms with Gasteiger partial charge in [-0.1, -0.05) is 36.4 Å². The van der Waals surface area contributed by atoms with Crippen molar-refractivity contribution in [3.8, 4) is 16.9 Å². The Hall–Kier alpha value is -3.77. The molecular formula is C31H33FN2O3. The zero-order chi connectivity index (χ0) is 26.4. The van der Waals surface area contributed by atoms with E-state index < -0.39 is 0 Å². The molecule has 0 saturated heterocycles. The van der Waals surface area contributed by atoms with Gasteiger partial charge in [0.2, 0.25) is 0 Å². The van der Waals surface area contributed by atoms with Gasteiger partial charge >= 0.3 is 5.97 Å². The Kier molecular flexibility index (Phi) is 8.51. The summed E-state index contributed by atoms with van der Waals surface area (Å²) in [6, 6.07) is 22.8. The topological polar surface area (TPSA) is 60.5 Å². The lowest BCUT2D eigenvalue weighted by molar-refractivity contribution is -0.147. The molecule has 0 amide bonds. The molecule has 37 heavy (non-hydrogen) atoms. The van der Waals surface area contributed by atoms with Gasteiger partial charge in [-0.25, -0.2) is 4.39 Å². The minimum absolute atomic E-state index is 0.0478. The van der Waals surface area contributed by atoms with Crippen LogP contribution in [0.15, 0.2) is 72.8 Å². The third-order valence-corrected chi connectivity index (χ3v) is 6.18. The number of pyridine rings is 1. The number of rotatable bonds is 10. The van der Waals surface area contributed by atoms with Crippen LogP contribution >= 0.6 is 0 Å². The molecule has 1 N–H and O–H groups in total. The maximum Gasteiger partial charge on any atom is 0.306 e. The van der Waals surface area contributed by atoms with Gasteiger partial charge in [0, 0.05) is 24.4 Å². The largest absolute Gasteiger partial charge is 0.497 e. The molecule has 6 heteroatoms. The van der Waals surface area contributed by atoms with Gasteiger partial charge in [-0.2, -0.15) is 0 Å². The number of aryl methyl sites for hydroxylation is 1. The molecule has 5 nitrogen and oxygen atoms in total. The molecule has 0 aliphatic heterocycles. The highest BCUT2D eigenvalue weighted by Crippen LogP contribution is 2.32. The lowest BCUT2D eigenvalue weighted by Crippen LogP contribution is -2.19. The molecule has 1 heterocycles. The Morgan fingerprint density at radius 1 is 0.973 bits per heavy atom. The molecule has 0 radical (unpaired) electrons. The highest BCUT2D eigenvalue weighted by atomic mass is 19.1. The van der Waals surface area contributed by atoms with Gasteiger partial charge in [-0.05, 0) is 85.8 Å². The average molecular weight is 501 g/mol. The van der Waals surface area contributed by atoms with Crippen LogP contribution in [0.4, 0.5) is 4.39 Å². The van der Waals surface area contributed by atoms with Crippen molar-refractivity contribution in [1.29, 1.82) is 0 Å². The summed E-state index contributed by atoms with van der Waals surface area (Å²) in [6.45, 7) is 6.35. The number of carbonyl (C=O) groups is 1. The fourth-order valence-corrected chi connectivity index (χ4v) is 4.33. The Balaban J connectivity index is 1.62. The van der Waals surface area contributed by atoms with E-state index in [0.29, 0.717) is 13.0 Å². The van der Waals surface area contributed by atoms with Crippen molar-refractivity contribution in [2.75, 3.05) is 7.11 Å². The molecule has 3 aromatic carbocycles. The lowest BCUT2D eigenvalue weighted by Gasteiger charge is -2.17. The molecule has 0 aliphatic rings. The Labute approximate surface area is 217 Å². The van der Waals surface area contributed by atoms with Crippen LogP contribution in [0.3, 0.4) is 0 Å². The normalized spacial score (nSPS) is 12.1. The van der Waals surface area contributed by atoms with E-state index in [0.717, 1.165) is 44.6 Å². The minimum Gasteiger partial charge on any atom is -0.497 e. The Bertz CT molecular complexity index is 1390. The number of nitrogens with zero attached hydrogens (tertiary/aromatic N) is 1. The number of halogens is 1. The molecule has 0 saturated carbocycles. The quantitative estimate of drug-likeness (QED) is 0.243. The standard InChI is InChI=1S/C31H33FN2O3/c1-20(2)37-31(35)13-12-22-14-24(17-25(32)15-22)28-18-30(34-29-11-6-5-10-27(28)29)21(3)33-19-23-8-7-9-26(16-23)36-4/h5-11,14-18,20-21,33H,12-13,19H2,1-4H3. The Morgan fingerprint density at radius 2 is 1.78 bits per heavy atom. The summed E-state index contributed by atoms with van der Waals surface area (Å²) in [7, 11) is 1.66. The van der Waals surface area contributed by atoms with Gasteiger partial charge in [0.15, 0.2) is 0 Å². The monoisotopic (exact) mass is 500 g/mol. The number of fused-ring (bicyclic) bond motifs is 1. The number of esters is 1. The number of benzene rings is 3. The van der Waals surface area contributed by atoms with Crippen LogP contribution in [0.5, 0.6) is 5.75 Å². The maximum absolute atomic E-state index is 14.7. The van der Waals surface area contributed by atoms with Gasteiger partial charge < -0.3 is 14.8 Å². The maximum atomic E-state index is 14.7. The van der Waals surface area contributed by atoms with Crippen LogP contribution in [0, 0.1) is 5.82 Å². The van der Waals surface area contributed by atoms with E-state index in [4.69, 9.17) is 14.5 Å². The first-order valence-corrected chi connectivity index (χ1v) is 12.6.